The monoisotopic (exact) mass is 855 g/mol. The molecule has 2 aliphatic heterocycles. The summed E-state index contributed by atoms with van der Waals surface area (Å²) in [7, 11) is -2.91. The normalized spacial score (nSPS) is 29.8. The Balaban J connectivity index is 1.31. The van der Waals surface area contributed by atoms with Crippen molar-refractivity contribution in [3.8, 4) is 23.1 Å². The van der Waals surface area contributed by atoms with Crippen LogP contribution in [0, 0.1) is 40.6 Å². The Labute approximate surface area is 363 Å². The molecular weight excluding hydrogens is 803 g/mol. The zero-order valence-corrected chi connectivity index (χ0v) is 37.7. The maximum Gasteiger partial charge on any atom is 0.349 e. The van der Waals surface area contributed by atoms with E-state index in [0.717, 1.165) is 0 Å². The minimum absolute atomic E-state index is 0.0422. The molecule has 0 amide bonds. The molecule has 2 saturated carbocycles. The van der Waals surface area contributed by atoms with Gasteiger partial charge in [0.15, 0.2) is 11.3 Å². The van der Waals surface area contributed by atoms with Gasteiger partial charge in [0.2, 0.25) is 0 Å². The first kappa shape index (κ1) is 43.1. The number of benzene rings is 2. The van der Waals surface area contributed by atoms with Crippen molar-refractivity contribution in [1.82, 2.24) is 4.98 Å². The molecule has 13 heteroatoms. The second-order valence-electron chi connectivity index (χ2n) is 20.1. The first-order chi connectivity index (χ1) is 29.2. The third kappa shape index (κ3) is 6.77. The number of hydrogen-bond donors (Lipinski definition) is 0. The number of fused-ring (bicyclic) bond motifs is 6. The molecule has 322 valence electrons. The third-order valence-corrected chi connectivity index (χ3v) is 19.5. The van der Waals surface area contributed by atoms with Crippen molar-refractivity contribution in [3.63, 3.8) is 0 Å². The van der Waals surface area contributed by atoms with Gasteiger partial charge in [0.25, 0.3) is 0 Å². The molecule has 4 aromatic rings. The molecule has 8 atom stereocenters. The lowest BCUT2D eigenvalue weighted by atomic mass is 9.42. The van der Waals surface area contributed by atoms with E-state index in [1.165, 1.54) is 12.1 Å². The largest absolute Gasteiger partial charge is 0.482 e. The molecule has 0 N–H and O–H groups in total. The van der Waals surface area contributed by atoms with Crippen LogP contribution in [0.5, 0.6) is 5.75 Å². The van der Waals surface area contributed by atoms with Crippen LogP contribution >= 0.6 is 0 Å². The number of aromatic nitrogens is 1. The fourth-order valence-electron chi connectivity index (χ4n) is 11.6. The van der Waals surface area contributed by atoms with E-state index >= 15 is 0 Å². The fraction of sp³-hybridized carbons (Fsp3) is 0.469. The number of carbonyl (C=O) groups excluding carboxylic acids is 2. The molecule has 4 aliphatic rings. The number of nitriles is 1. The van der Waals surface area contributed by atoms with Crippen LogP contribution in [0.4, 0.5) is 5.69 Å². The highest BCUT2D eigenvalue weighted by Crippen LogP contribution is 2.70. The van der Waals surface area contributed by atoms with Crippen molar-refractivity contribution in [3.05, 3.63) is 123 Å². The number of rotatable bonds is 5. The van der Waals surface area contributed by atoms with Gasteiger partial charge in [0.05, 0.1) is 35.4 Å². The van der Waals surface area contributed by atoms with Gasteiger partial charge in [-0.25, -0.2) is 19.2 Å². The first-order valence-corrected chi connectivity index (χ1v) is 23.0. The fourth-order valence-corrected chi connectivity index (χ4v) is 16.8. The molecule has 12 nitrogen and oxygen atoms in total. The Hall–Kier alpha value is -5.60. The highest BCUT2D eigenvalue weighted by atomic mass is 28.4. The molecule has 1 saturated heterocycles. The molecular formula is C49H53N3O9Si. The number of esters is 2. The van der Waals surface area contributed by atoms with E-state index in [4.69, 9.17) is 34.1 Å². The zero-order chi connectivity index (χ0) is 44.6. The number of pyridine rings is 1. The van der Waals surface area contributed by atoms with Crippen LogP contribution in [-0.2, 0) is 18.3 Å². The minimum Gasteiger partial charge on any atom is -0.482 e. The predicted octanol–water partition coefficient (Wildman–Crippen LogP) is 10.3. The average Bonchev–Trinajstić information content (AvgIpc) is 3.23. The van der Waals surface area contributed by atoms with Gasteiger partial charge in [0, 0.05) is 52.0 Å². The van der Waals surface area contributed by atoms with Gasteiger partial charge in [-0.1, -0.05) is 79.7 Å². The Morgan fingerprint density at radius 1 is 0.935 bits per heavy atom. The summed E-state index contributed by atoms with van der Waals surface area (Å²) in [6.07, 6.45) is 2.42. The summed E-state index contributed by atoms with van der Waals surface area (Å²) in [6, 6.07) is 19.6. The third-order valence-electron chi connectivity index (χ3n) is 14.3. The highest BCUT2D eigenvalue weighted by molar-refractivity contribution is 6.73. The van der Waals surface area contributed by atoms with Gasteiger partial charge < -0.3 is 27.5 Å². The summed E-state index contributed by atoms with van der Waals surface area (Å²) < 4.78 is 41.0. The van der Waals surface area contributed by atoms with E-state index in [1.807, 2.05) is 6.92 Å². The van der Waals surface area contributed by atoms with Crippen LogP contribution in [0.1, 0.15) is 120 Å². The second-order valence-corrected chi connectivity index (χ2v) is 24.9. The number of nitrogens with zero attached hydrogens (tertiary/aromatic N) is 3. The van der Waals surface area contributed by atoms with Gasteiger partial charge in [-0.15, -0.1) is 0 Å². The Bertz CT molecular complexity index is 2540. The van der Waals surface area contributed by atoms with E-state index in [9.17, 15) is 19.6 Å². The van der Waals surface area contributed by atoms with Crippen molar-refractivity contribution in [2.24, 2.45) is 22.7 Å². The van der Waals surface area contributed by atoms with E-state index in [1.54, 1.807) is 67.0 Å². The van der Waals surface area contributed by atoms with Crippen LogP contribution in [-0.4, -0.2) is 49.9 Å². The summed E-state index contributed by atoms with van der Waals surface area (Å²) >= 11 is 0. The smallest absolute Gasteiger partial charge is 0.349 e. The summed E-state index contributed by atoms with van der Waals surface area (Å²) in [4.78, 5) is 50.9. The van der Waals surface area contributed by atoms with Crippen LogP contribution < -0.4 is 10.4 Å². The highest BCUT2D eigenvalue weighted by Gasteiger charge is 2.74. The van der Waals surface area contributed by atoms with Crippen molar-refractivity contribution < 1.29 is 37.1 Å². The molecule has 2 aromatic heterocycles. The van der Waals surface area contributed by atoms with Gasteiger partial charge in [-0.05, 0) is 73.9 Å². The number of hydrogen-bond acceptors (Lipinski definition) is 11. The molecule has 0 radical (unpaired) electrons. The second kappa shape index (κ2) is 15.0. The molecule has 2 aromatic carbocycles. The van der Waals surface area contributed by atoms with E-state index in [-0.39, 0.29) is 50.3 Å². The lowest BCUT2D eigenvalue weighted by Gasteiger charge is -2.69. The molecule has 2 aliphatic carbocycles. The van der Waals surface area contributed by atoms with Gasteiger partial charge in [-0.2, -0.15) is 5.26 Å². The number of ether oxygens (including phenoxy) is 3. The Kier molecular flexibility index (Phi) is 10.4. The van der Waals surface area contributed by atoms with Crippen LogP contribution in [0.25, 0.3) is 16.2 Å². The zero-order valence-electron chi connectivity index (χ0n) is 36.7. The van der Waals surface area contributed by atoms with Gasteiger partial charge in [-0.3, -0.25) is 4.98 Å². The summed E-state index contributed by atoms with van der Waals surface area (Å²) in [5.74, 6) is -2.02. The molecule has 3 unspecified atom stereocenters. The van der Waals surface area contributed by atoms with Crippen LogP contribution in [0.3, 0.4) is 0 Å². The Morgan fingerprint density at radius 2 is 1.58 bits per heavy atom. The topological polar surface area (TPSA) is 152 Å². The molecule has 62 heavy (non-hydrogen) atoms. The molecule has 0 bridgehead atoms. The van der Waals surface area contributed by atoms with Crippen molar-refractivity contribution in [2.45, 2.75) is 116 Å². The summed E-state index contributed by atoms with van der Waals surface area (Å²) in [5, 5.41) is 8.95. The van der Waals surface area contributed by atoms with Gasteiger partial charge in [0.1, 0.15) is 29.3 Å². The lowest BCUT2D eigenvalue weighted by molar-refractivity contribution is -0.270. The maximum atomic E-state index is 14.5. The van der Waals surface area contributed by atoms with Crippen molar-refractivity contribution in [1.29, 1.82) is 5.26 Å². The Morgan fingerprint density at radius 3 is 2.18 bits per heavy atom. The van der Waals surface area contributed by atoms with Gasteiger partial charge >= 0.3 is 26.1 Å². The van der Waals surface area contributed by atoms with Crippen LogP contribution in [0.15, 0.2) is 88.3 Å². The predicted molar refractivity (Wildman–Crippen MR) is 232 cm³/mol. The number of carbonyl (C=O) groups is 2. The van der Waals surface area contributed by atoms with Crippen molar-refractivity contribution >= 4 is 26.2 Å². The minimum atomic E-state index is -2.91. The summed E-state index contributed by atoms with van der Waals surface area (Å²) in [6.45, 7) is 27.2. The maximum absolute atomic E-state index is 14.5. The van der Waals surface area contributed by atoms with Crippen molar-refractivity contribution in [2.75, 3.05) is 6.61 Å². The first-order valence-electron chi connectivity index (χ1n) is 21.2. The molecule has 3 fully saturated rings. The quantitative estimate of drug-likeness (QED) is 0.107. The standard InChI is InChI=1S/C49H53N3O9Si/c1-45(2,3)62(46(4,5)6)56-28-48(8)36-25-38(58-42(53)30-15-13-29(26-50)14-16-30)49(9)41(47(36,7)22-21-37(48)61-62)40(59-43(54)31-17-19-33(51-10)20-18-31)39-35(60-49)24-34(57-44(39)55)32-12-11-23-52-27-32/h11-20,23-24,27,36-38,40-41H,21-22,25,28H2,1-9H3/t36?,37-,38-,40-,41?,47-,48?,49+/m0/s1. The molecule has 8 rings (SSSR count). The van der Waals surface area contributed by atoms with Crippen LogP contribution in [0.2, 0.25) is 10.1 Å². The average molecular weight is 856 g/mol. The molecule has 0 spiro atoms. The summed E-state index contributed by atoms with van der Waals surface area (Å²) in [5.41, 5.74) is -1.68. The van der Waals surface area contributed by atoms with E-state index in [0.29, 0.717) is 42.7 Å². The molecule has 4 heterocycles. The SMILES string of the molecule is [C-]#[N+]c1ccc(C(=O)O[C@H]2c3c(cc(-c4cccnc4)oc3=O)O[C@@]3(C)C2[C@@]2(C)CC[C@@H]4O[Si](C(C)(C)C)(C(C)(C)C)OCC4(C)C2C[C@@H]3OC(=O)c2ccc(C#N)cc2)cc1. The van der Waals surface area contributed by atoms with E-state index < -0.39 is 60.7 Å². The van der Waals surface area contributed by atoms with E-state index in [2.05, 4.69) is 71.3 Å². The lowest BCUT2D eigenvalue weighted by Crippen LogP contribution is -2.74.